The van der Waals surface area contributed by atoms with Gasteiger partial charge < -0.3 is 24.7 Å². The maximum absolute atomic E-state index is 12.8. The highest BCUT2D eigenvalue weighted by molar-refractivity contribution is 7.92. The Morgan fingerprint density at radius 3 is 2.51 bits per heavy atom. The lowest BCUT2D eigenvalue weighted by atomic mass is 10.0. The highest BCUT2D eigenvalue weighted by Crippen LogP contribution is 2.52. The number of amides is 1. The van der Waals surface area contributed by atoms with Crippen LogP contribution in [-0.2, 0) is 16.4 Å². The Bertz CT molecular complexity index is 1440. The van der Waals surface area contributed by atoms with Gasteiger partial charge in [0, 0.05) is 37.5 Å². The molecule has 10 nitrogen and oxygen atoms in total. The van der Waals surface area contributed by atoms with E-state index in [4.69, 9.17) is 4.98 Å². The van der Waals surface area contributed by atoms with Gasteiger partial charge in [0.15, 0.2) is 15.0 Å². The lowest BCUT2D eigenvalue weighted by Gasteiger charge is -2.38. The van der Waals surface area contributed by atoms with Gasteiger partial charge in [-0.25, -0.2) is 18.4 Å². The molecule has 6 rings (SSSR count). The predicted octanol–water partition coefficient (Wildman–Crippen LogP) is 3.33. The normalized spacial score (nSPS) is 19.4. The molecule has 3 aliphatic rings. The van der Waals surface area contributed by atoms with Crippen LogP contribution < -0.4 is 15.5 Å². The van der Waals surface area contributed by atoms with Gasteiger partial charge in [0.1, 0.15) is 27.6 Å². The number of carbonyl (C=O) groups excluding carboxylic acids is 1. The first kappa shape index (κ1) is 22.6. The minimum Gasteiger partial charge on any atom is -0.354 e. The first-order valence-corrected chi connectivity index (χ1v) is 14.7. The van der Waals surface area contributed by atoms with Crippen LogP contribution in [-0.4, -0.2) is 52.8 Å². The van der Waals surface area contributed by atoms with E-state index < -0.39 is 9.84 Å². The van der Waals surface area contributed by atoms with Gasteiger partial charge in [-0.3, -0.25) is 4.79 Å². The summed E-state index contributed by atoms with van der Waals surface area (Å²) in [6.07, 6.45) is 7.13. The maximum atomic E-state index is 12.8. The zero-order valence-corrected chi connectivity index (χ0v) is 21.8. The van der Waals surface area contributed by atoms with E-state index in [-0.39, 0.29) is 16.3 Å². The molecule has 0 saturated heterocycles. The summed E-state index contributed by atoms with van der Waals surface area (Å²) in [7, 11) is -1.71. The second-order valence-electron chi connectivity index (χ2n) is 9.56. The van der Waals surface area contributed by atoms with Gasteiger partial charge in [0.2, 0.25) is 0 Å². The molecule has 12 heteroatoms. The molecule has 0 spiro atoms. The smallest absolute Gasteiger partial charge is 0.267 e. The predicted molar refractivity (Wildman–Crippen MR) is 135 cm³/mol. The molecule has 2 fully saturated rings. The first-order valence-electron chi connectivity index (χ1n) is 12.0. The van der Waals surface area contributed by atoms with Gasteiger partial charge in [0.05, 0.1) is 17.7 Å². The molecule has 0 radical (unpaired) electrons. The van der Waals surface area contributed by atoms with Gasteiger partial charge in [-0.15, -0.1) is 0 Å². The number of aryl methyl sites for hydroxylation is 1. The van der Waals surface area contributed by atoms with E-state index in [2.05, 4.69) is 36.6 Å². The van der Waals surface area contributed by atoms with E-state index >= 15 is 0 Å². The van der Waals surface area contributed by atoms with Crippen LogP contribution in [0.15, 0.2) is 16.6 Å². The summed E-state index contributed by atoms with van der Waals surface area (Å²) in [4.78, 5) is 24.6. The number of anilines is 2. The second-order valence-corrected chi connectivity index (χ2v) is 12.8. The van der Waals surface area contributed by atoms with Gasteiger partial charge in [0.25, 0.3) is 5.91 Å². The molecule has 2 aliphatic carbocycles. The lowest BCUT2D eigenvalue weighted by Crippen LogP contribution is -2.40. The van der Waals surface area contributed by atoms with Crippen LogP contribution in [0.1, 0.15) is 66.7 Å². The first-order chi connectivity index (χ1) is 16.7. The Kier molecular flexibility index (Phi) is 5.05. The number of thiazole rings is 1. The highest BCUT2D eigenvalue weighted by atomic mass is 32.2. The van der Waals surface area contributed by atoms with Gasteiger partial charge in [-0.2, -0.15) is 0 Å². The van der Waals surface area contributed by atoms with Crippen molar-refractivity contribution in [1.29, 1.82) is 0 Å². The molecule has 0 bridgehead atoms. The Hall–Kier alpha value is -2.86. The third kappa shape index (κ3) is 3.56. The molecule has 1 atom stereocenters. The number of hydrogen-bond acceptors (Lipinski definition) is 8. The number of sulfone groups is 1. The van der Waals surface area contributed by atoms with Crippen LogP contribution in [0.5, 0.6) is 0 Å². The average molecular weight is 516 g/mol. The molecule has 35 heavy (non-hydrogen) atoms. The van der Waals surface area contributed by atoms with Crippen LogP contribution >= 0.6 is 11.3 Å². The number of nitrogens with zero attached hydrogens (tertiary/aromatic N) is 5. The number of nitrogens with one attached hydrogen (secondary N) is 2. The van der Waals surface area contributed by atoms with Crippen LogP contribution in [0.3, 0.4) is 0 Å². The maximum Gasteiger partial charge on any atom is 0.267 e. The van der Waals surface area contributed by atoms with Gasteiger partial charge in [-0.05, 0) is 45.6 Å². The molecule has 4 heterocycles. The standard InChI is InChI=1S/C23H29N7O3S2/c1-5-28-16(20(31)24-3)10-15-18-17(25-11-29(18)13-6-7-13)19(30(21(15)28)14-8-9-14)27-23-26-12(2)22(34-23)35(4,32)33/h10-11,13-14,19H,5-9H2,1-4H3,(H,24,31)(H,26,27). The Morgan fingerprint density at radius 2 is 1.94 bits per heavy atom. The lowest BCUT2D eigenvalue weighted by molar-refractivity contribution is 0.0954. The van der Waals surface area contributed by atoms with E-state index in [9.17, 15) is 13.2 Å². The molecule has 3 aromatic heterocycles. The van der Waals surface area contributed by atoms with E-state index in [1.54, 1.807) is 14.0 Å². The molecule has 2 saturated carbocycles. The summed E-state index contributed by atoms with van der Waals surface area (Å²) in [6.45, 7) is 4.42. The number of fused-ring (bicyclic) bond motifs is 3. The van der Waals surface area contributed by atoms with Crippen molar-refractivity contribution in [3.63, 3.8) is 0 Å². The topological polar surface area (TPSA) is 114 Å². The fourth-order valence-corrected chi connectivity index (χ4v) is 7.29. The summed E-state index contributed by atoms with van der Waals surface area (Å²) >= 11 is 1.16. The number of imidazole rings is 1. The molecular weight excluding hydrogens is 486 g/mol. The fourth-order valence-electron chi connectivity index (χ4n) is 5.14. The largest absolute Gasteiger partial charge is 0.354 e. The Labute approximate surface area is 208 Å². The van der Waals surface area contributed by atoms with Crippen LogP contribution in [0.4, 0.5) is 10.9 Å². The van der Waals surface area contributed by atoms with Gasteiger partial charge in [-0.1, -0.05) is 11.3 Å². The van der Waals surface area contributed by atoms with Crippen molar-refractivity contribution in [2.75, 3.05) is 23.5 Å². The molecule has 186 valence electrons. The van der Waals surface area contributed by atoms with Crippen LogP contribution in [0.25, 0.3) is 11.3 Å². The zero-order chi connectivity index (χ0) is 24.6. The van der Waals surface area contributed by atoms with Crippen LogP contribution in [0.2, 0.25) is 0 Å². The number of hydrogen-bond donors (Lipinski definition) is 2. The quantitative estimate of drug-likeness (QED) is 0.496. The average Bonchev–Trinajstić information content (AvgIpc) is 3.72. The second kappa shape index (κ2) is 7.82. The Balaban J connectivity index is 1.54. The SMILES string of the molecule is CCn1c(C(=O)NC)cc2c1N(C1CC1)C(Nc1nc(C)c(S(C)(=O)=O)s1)c1ncn(C3CC3)c1-2. The third-order valence-electron chi connectivity index (χ3n) is 6.93. The molecule has 1 unspecified atom stereocenters. The third-order valence-corrected chi connectivity index (χ3v) is 9.95. The van der Waals surface area contributed by atoms with Crippen molar-refractivity contribution in [3.05, 3.63) is 29.5 Å². The van der Waals surface area contributed by atoms with Crippen molar-refractivity contribution in [2.45, 2.75) is 68.5 Å². The van der Waals surface area contributed by atoms with Gasteiger partial charge >= 0.3 is 0 Å². The summed E-state index contributed by atoms with van der Waals surface area (Å²) in [5.41, 5.74) is 4.08. The zero-order valence-electron chi connectivity index (χ0n) is 20.2. The molecule has 1 aliphatic heterocycles. The highest BCUT2D eigenvalue weighted by Gasteiger charge is 2.46. The number of rotatable bonds is 7. The van der Waals surface area contributed by atoms with Crippen molar-refractivity contribution in [3.8, 4) is 11.3 Å². The van der Waals surface area contributed by atoms with E-state index in [1.807, 2.05) is 12.4 Å². The minimum absolute atomic E-state index is 0.117. The van der Waals surface area contributed by atoms with E-state index in [0.717, 1.165) is 59.8 Å². The molecule has 1 amide bonds. The summed E-state index contributed by atoms with van der Waals surface area (Å²) < 4.78 is 29.1. The molecule has 3 aromatic rings. The summed E-state index contributed by atoms with van der Waals surface area (Å²) in [5, 5.41) is 6.87. The number of aromatic nitrogens is 4. The summed E-state index contributed by atoms with van der Waals surface area (Å²) in [6, 6.07) is 2.72. The molecule has 0 aromatic carbocycles. The fraction of sp³-hybridized carbons (Fsp3) is 0.522. The van der Waals surface area contributed by atoms with E-state index in [1.165, 1.54) is 6.26 Å². The van der Waals surface area contributed by atoms with Crippen molar-refractivity contribution in [2.24, 2.45) is 0 Å². The minimum atomic E-state index is -3.36. The molecule has 2 N–H and O–H groups in total. The van der Waals surface area contributed by atoms with Crippen molar-refractivity contribution >= 4 is 38.0 Å². The Morgan fingerprint density at radius 1 is 1.23 bits per heavy atom. The monoisotopic (exact) mass is 515 g/mol. The van der Waals surface area contributed by atoms with Crippen LogP contribution in [0, 0.1) is 6.92 Å². The molecular formula is C23H29N7O3S2. The van der Waals surface area contributed by atoms with Crippen molar-refractivity contribution in [1.82, 2.24) is 24.4 Å². The van der Waals surface area contributed by atoms with Crippen molar-refractivity contribution < 1.29 is 13.2 Å². The number of carbonyl (C=O) groups is 1. The summed E-state index contributed by atoms with van der Waals surface area (Å²) in [5.74, 6) is 0.895. The van der Waals surface area contributed by atoms with E-state index in [0.29, 0.717) is 35.1 Å².